The molecule has 8 nitrogen and oxygen atoms in total. The number of halogens is 1. The van der Waals surface area contributed by atoms with Gasteiger partial charge in [0.25, 0.3) is 0 Å². The molecule has 2 rings (SSSR count). The minimum atomic E-state index is -3.15. The number of hydrogen-bond acceptors (Lipinski definition) is 5. The fourth-order valence-corrected chi connectivity index (χ4v) is 3.67. The highest BCUT2D eigenvalue weighted by atomic mass is 127. The summed E-state index contributed by atoms with van der Waals surface area (Å²) in [4.78, 5) is 8.80. The van der Waals surface area contributed by atoms with Gasteiger partial charge in [0.05, 0.1) is 17.0 Å². The fraction of sp³-hybridized carbons (Fsp3) is 0.824. The van der Waals surface area contributed by atoms with Crippen LogP contribution in [0.4, 0.5) is 0 Å². The number of nitrogens with one attached hydrogen (secondary N) is 2. The van der Waals surface area contributed by atoms with Crippen LogP contribution in [0.1, 0.15) is 58.6 Å². The van der Waals surface area contributed by atoms with Crippen molar-refractivity contribution >= 4 is 39.8 Å². The Hall–Kier alpha value is -0.910. The average molecular weight is 512 g/mol. The summed E-state index contributed by atoms with van der Waals surface area (Å²) in [6.07, 6.45) is 1.81. The number of aromatic nitrogens is 3. The van der Waals surface area contributed by atoms with Gasteiger partial charge in [-0.1, -0.05) is 13.8 Å². The Morgan fingerprint density at radius 2 is 2.04 bits per heavy atom. The highest BCUT2D eigenvalue weighted by Gasteiger charge is 2.28. The minimum absolute atomic E-state index is 0. The second-order valence-corrected chi connectivity index (χ2v) is 10.9. The molecule has 1 aromatic heterocycles. The third kappa shape index (κ3) is 6.30. The number of nitrogens with zero attached hydrogens (tertiary/aromatic N) is 4. The lowest BCUT2D eigenvalue weighted by atomic mass is 10.1. The van der Waals surface area contributed by atoms with Crippen LogP contribution in [0.2, 0.25) is 0 Å². The summed E-state index contributed by atoms with van der Waals surface area (Å²) in [6, 6.07) is 0.189. The van der Waals surface area contributed by atoms with Crippen molar-refractivity contribution in [2.24, 2.45) is 4.99 Å². The lowest BCUT2D eigenvalue weighted by Crippen LogP contribution is -2.48. The van der Waals surface area contributed by atoms with Crippen molar-refractivity contribution in [3.63, 3.8) is 0 Å². The second-order valence-electron chi connectivity index (χ2n) is 8.03. The second kappa shape index (κ2) is 9.53. The smallest absolute Gasteiger partial charge is 0.191 e. The van der Waals surface area contributed by atoms with E-state index >= 15 is 0 Å². The lowest BCUT2D eigenvalue weighted by Gasteiger charge is -2.25. The van der Waals surface area contributed by atoms with E-state index in [9.17, 15) is 8.42 Å². The molecule has 0 amide bonds. The third-order valence-electron chi connectivity index (χ3n) is 4.55. The van der Waals surface area contributed by atoms with Crippen molar-refractivity contribution in [2.75, 3.05) is 19.3 Å². The number of guanidine groups is 1. The first-order valence-electron chi connectivity index (χ1n) is 9.16. The maximum absolute atomic E-state index is 12.2. The number of aryl methyl sites for hydroxylation is 1. The number of rotatable bonds is 5. The summed E-state index contributed by atoms with van der Waals surface area (Å²) in [6.45, 7) is 10.4. The lowest BCUT2D eigenvalue weighted by molar-refractivity contribution is 0.392. The average Bonchev–Trinajstić information content (AvgIpc) is 2.96. The molecule has 0 aromatic carbocycles. The van der Waals surface area contributed by atoms with Crippen molar-refractivity contribution in [2.45, 2.75) is 70.7 Å². The Morgan fingerprint density at radius 1 is 1.37 bits per heavy atom. The molecule has 1 aliphatic heterocycles. The SMILES string of the molecule is CN=C(NCCS(=O)(=O)C(C)(C)C)NC1CCc2nc(C(C)C)nn2C1.I. The number of hydrogen-bond donors (Lipinski definition) is 2. The van der Waals surface area contributed by atoms with E-state index in [0.717, 1.165) is 31.0 Å². The largest absolute Gasteiger partial charge is 0.355 e. The predicted octanol–water partition coefficient (Wildman–Crippen LogP) is 1.71. The van der Waals surface area contributed by atoms with E-state index in [2.05, 4.69) is 39.6 Å². The van der Waals surface area contributed by atoms with Crippen molar-refractivity contribution in [1.82, 2.24) is 25.4 Å². The molecule has 0 bridgehead atoms. The van der Waals surface area contributed by atoms with Crippen LogP contribution in [-0.4, -0.2) is 59.3 Å². The molecule has 0 spiro atoms. The van der Waals surface area contributed by atoms with E-state index in [4.69, 9.17) is 0 Å². The van der Waals surface area contributed by atoms with Gasteiger partial charge in [0.2, 0.25) is 0 Å². The van der Waals surface area contributed by atoms with Gasteiger partial charge in [-0.15, -0.1) is 24.0 Å². The van der Waals surface area contributed by atoms with Gasteiger partial charge in [-0.3, -0.25) is 4.99 Å². The third-order valence-corrected chi connectivity index (χ3v) is 7.16. The molecule has 2 heterocycles. The van der Waals surface area contributed by atoms with Gasteiger partial charge < -0.3 is 10.6 Å². The minimum Gasteiger partial charge on any atom is -0.355 e. The number of sulfone groups is 1. The highest BCUT2D eigenvalue weighted by molar-refractivity contribution is 14.0. The Morgan fingerprint density at radius 3 is 2.59 bits per heavy atom. The molecule has 2 N–H and O–H groups in total. The van der Waals surface area contributed by atoms with Gasteiger partial charge in [0.15, 0.2) is 21.6 Å². The van der Waals surface area contributed by atoms with Crippen LogP contribution < -0.4 is 10.6 Å². The van der Waals surface area contributed by atoms with E-state index in [0.29, 0.717) is 18.4 Å². The first kappa shape index (κ1) is 24.1. The zero-order chi connectivity index (χ0) is 19.5. The highest BCUT2D eigenvalue weighted by Crippen LogP contribution is 2.17. The summed E-state index contributed by atoms with van der Waals surface area (Å²) in [5, 5.41) is 11.1. The molecule has 1 unspecified atom stereocenters. The van der Waals surface area contributed by atoms with E-state index in [1.165, 1.54) is 0 Å². The molecule has 1 aromatic rings. The van der Waals surface area contributed by atoms with Crippen molar-refractivity contribution < 1.29 is 8.42 Å². The molecule has 0 saturated carbocycles. The van der Waals surface area contributed by atoms with Gasteiger partial charge in [0.1, 0.15) is 5.82 Å². The van der Waals surface area contributed by atoms with Crippen molar-refractivity contribution in [1.29, 1.82) is 0 Å². The van der Waals surface area contributed by atoms with E-state index in [1.807, 2.05) is 4.68 Å². The standard InChI is InChI=1S/C17H32N6O2S.HI/c1-12(2)15-21-14-8-7-13(11-23(14)22-15)20-16(18-6)19-9-10-26(24,25)17(3,4)5;/h12-13H,7-11H2,1-6H3,(H2,18,19,20);1H. The van der Waals surface area contributed by atoms with Crippen LogP contribution in [0.15, 0.2) is 4.99 Å². The monoisotopic (exact) mass is 512 g/mol. The molecule has 0 radical (unpaired) electrons. The van der Waals surface area contributed by atoms with Crippen molar-refractivity contribution in [3.05, 3.63) is 11.6 Å². The van der Waals surface area contributed by atoms with Gasteiger partial charge >= 0.3 is 0 Å². The van der Waals surface area contributed by atoms with E-state index in [1.54, 1.807) is 27.8 Å². The van der Waals surface area contributed by atoms with Crippen molar-refractivity contribution in [3.8, 4) is 0 Å². The molecule has 10 heteroatoms. The maximum Gasteiger partial charge on any atom is 0.191 e. The Bertz CT molecular complexity index is 752. The zero-order valence-corrected chi connectivity index (χ0v) is 20.3. The van der Waals surface area contributed by atoms with Gasteiger partial charge in [0, 0.05) is 32.0 Å². The Balaban J connectivity index is 0.00000364. The van der Waals surface area contributed by atoms with E-state index in [-0.39, 0.29) is 35.8 Å². The molecular formula is C17H33IN6O2S. The molecule has 0 fully saturated rings. The molecule has 1 atom stereocenters. The fourth-order valence-electron chi connectivity index (χ4n) is 2.69. The predicted molar refractivity (Wildman–Crippen MR) is 120 cm³/mol. The van der Waals surface area contributed by atoms with Gasteiger partial charge in [-0.2, -0.15) is 5.10 Å². The number of aliphatic imine (C=N–C) groups is 1. The van der Waals surface area contributed by atoms with Crippen LogP contribution in [0.5, 0.6) is 0 Å². The van der Waals surface area contributed by atoms with Crippen LogP contribution in [0.25, 0.3) is 0 Å². The summed E-state index contributed by atoms with van der Waals surface area (Å²) in [7, 11) is -1.46. The van der Waals surface area contributed by atoms with E-state index < -0.39 is 14.6 Å². The van der Waals surface area contributed by atoms with Crippen LogP contribution in [0.3, 0.4) is 0 Å². The summed E-state index contributed by atoms with van der Waals surface area (Å²) in [5.74, 6) is 2.93. The van der Waals surface area contributed by atoms with Gasteiger partial charge in [-0.05, 0) is 27.2 Å². The zero-order valence-electron chi connectivity index (χ0n) is 17.1. The summed E-state index contributed by atoms with van der Waals surface area (Å²) < 4.78 is 25.6. The number of fused-ring (bicyclic) bond motifs is 1. The molecule has 0 aliphatic carbocycles. The molecule has 0 saturated heterocycles. The quantitative estimate of drug-likeness (QED) is 0.354. The molecular weight excluding hydrogens is 479 g/mol. The topological polar surface area (TPSA) is 101 Å². The Kier molecular flexibility index (Phi) is 8.52. The van der Waals surface area contributed by atoms with Crippen LogP contribution >= 0.6 is 24.0 Å². The Labute approximate surface area is 179 Å². The van der Waals surface area contributed by atoms with Crippen LogP contribution in [0, 0.1) is 0 Å². The maximum atomic E-state index is 12.2. The van der Waals surface area contributed by atoms with Gasteiger partial charge in [-0.25, -0.2) is 18.1 Å². The molecule has 1 aliphatic rings. The van der Waals surface area contributed by atoms with Crippen LogP contribution in [-0.2, 0) is 22.8 Å². The molecule has 156 valence electrons. The first-order chi connectivity index (χ1) is 12.0. The summed E-state index contributed by atoms with van der Waals surface area (Å²) in [5.41, 5.74) is 0. The first-order valence-corrected chi connectivity index (χ1v) is 10.8. The molecule has 27 heavy (non-hydrogen) atoms. The normalized spacial score (nSPS) is 18.0. The summed E-state index contributed by atoms with van der Waals surface area (Å²) >= 11 is 0.